The Hall–Kier alpha value is -1.37. The van der Waals surface area contributed by atoms with E-state index in [1.54, 1.807) is 6.07 Å². The van der Waals surface area contributed by atoms with Crippen molar-refractivity contribution in [2.45, 2.75) is 97.1 Å². The van der Waals surface area contributed by atoms with Gasteiger partial charge in [0.15, 0.2) is 11.6 Å². The first-order valence-electron chi connectivity index (χ1n) is 11.6. The molecule has 1 aliphatic heterocycles. The lowest BCUT2D eigenvalue weighted by Crippen LogP contribution is -2.50. The van der Waals surface area contributed by atoms with Crippen molar-refractivity contribution in [1.82, 2.24) is 0 Å². The quantitative estimate of drug-likeness (QED) is 0.204. The molecule has 0 bridgehead atoms. The van der Waals surface area contributed by atoms with Crippen molar-refractivity contribution < 1.29 is 23.1 Å². The second-order valence-corrected chi connectivity index (χ2v) is 15.8. The molecule has 2 rings (SSSR count). The van der Waals surface area contributed by atoms with Crippen LogP contribution in [0.4, 0.5) is 0 Å². The molecule has 0 N–H and O–H groups in total. The number of Topliss-reactive ketones (excluding diaryl/α,β-unsaturated/α-hetero) is 1. The molecular formula is C25H42O5Si. The highest BCUT2D eigenvalue weighted by atomic mass is 28.4. The Morgan fingerprint density at radius 3 is 2.16 bits per heavy atom. The van der Waals surface area contributed by atoms with Crippen LogP contribution in [-0.2, 0) is 9.47 Å². The molecule has 0 spiro atoms. The summed E-state index contributed by atoms with van der Waals surface area (Å²) < 4.78 is 24.0. The Balaban J connectivity index is 2.08. The normalized spacial score (nSPS) is 18.5. The third-order valence-corrected chi connectivity index (χ3v) is 12.8. The summed E-state index contributed by atoms with van der Waals surface area (Å²) in [7, 11) is -2.12. The zero-order chi connectivity index (χ0) is 23.4. The van der Waals surface area contributed by atoms with E-state index >= 15 is 0 Å². The predicted octanol–water partition coefficient (Wildman–Crippen LogP) is 7.14. The topological polar surface area (TPSA) is 57.9 Å². The number of carbonyl (C=O) groups excluding carboxylic acids is 1. The van der Waals surface area contributed by atoms with Crippen molar-refractivity contribution in [3.63, 3.8) is 0 Å². The fourth-order valence-electron chi connectivity index (χ4n) is 4.97. The summed E-state index contributed by atoms with van der Waals surface area (Å²) in [5, 5.41) is 0. The van der Waals surface area contributed by atoms with E-state index in [9.17, 15) is 4.79 Å². The van der Waals surface area contributed by atoms with Crippen LogP contribution in [0, 0.1) is 5.41 Å². The van der Waals surface area contributed by atoms with Gasteiger partial charge >= 0.3 is 0 Å². The molecule has 1 fully saturated rings. The summed E-state index contributed by atoms with van der Waals surface area (Å²) in [6.45, 7) is 22.2. The summed E-state index contributed by atoms with van der Waals surface area (Å²) in [5.41, 5.74) is 1.66. The van der Waals surface area contributed by atoms with Gasteiger partial charge < -0.3 is 18.3 Å². The third kappa shape index (κ3) is 5.91. The second-order valence-electron chi connectivity index (χ2n) is 10.5. The minimum absolute atomic E-state index is 0.0535. The monoisotopic (exact) mass is 450 g/mol. The molecule has 0 radical (unpaired) electrons. The minimum atomic E-state index is -2.12. The zero-order valence-corrected chi connectivity index (χ0v) is 21.7. The fraction of sp³-hybridized carbons (Fsp3) is 0.720. The molecule has 1 saturated heterocycles. The molecule has 0 aliphatic carbocycles. The molecule has 6 heteroatoms. The first kappa shape index (κ1) is 25.9. The molecule has 0 unspecified atom stereocenters. The smallest absolute Gasteiger partial charge is 0.271 e. The third-order valence-electron chi connectivity index (χ3n) is 6.79. The standard InChI is InChI=1S/C25H42O5Si/c1-10-12-25(16-28-24(8,9)29-17-25)13-11-22(26)21-14-23(27-15-21)30-31(18(2)3,19(4)5)20(6)7/h10,14-15,18-20H,1,11-13,16-17H2,2-9H3. The molecule has 5 nitrogen and oxygen atoms in total. The van der Waals surface area contributed by atoms with Crippen molar-refractivity contribution >= 4 is 14.1 Å². The van der Waals surface area contributed by atoms with E-state index in [1.165, 1.54) is 6.26 Å². The fourth-order valence-corrected chi connectivity index (χ4v) is 10.1. The van der Waals surface area contributed by atoms with Crippen LogP contribution in [-0.4, -0.2) is 33.1 Å². The molecule has 0 amide bonds. The molecule has 1 aromatic rings. The number of hydrogen-bond acceptors (Lipinski definition) is 5. The van der Waals surface area contributed by atoms with E-state index in [-0.39, 0.29) is 11.2 Å². The Labute approximate surface area is 189 Å². The SMILES string of the molecule is C=CCC1(CCC(=O)c2coc(O[Si](C(C)C)(C(C)C)C(C)C)c2)COC(C)(C)OC1. The first-order valence-corrected chi connectivity index (χ1v) is 13.7. The van der Waals surface area contributed by atoms with Gasteiger partial charge in [0.25, 0.3) is 14.3 Å². The number of allylic oxidation sites excluding steroid dienone is 1. The van der Waals surface area contributed by atoms with Crippen LogP contribution in [0.15, 0.2) is 29.4 Å². The van der Waals surface area contributed by atoms with Crippen LogP contribution < -0.4 is 4.43 Å². The highest BCUT2D eigenvalue weighted by molar-refractivity contribution is 6.78. The maximum Gasteiger partial charge on any atom is 0.271 e. The van der Waals surface area contributed by atoms with Gasteiger partial charge in [-0.1, -0.05) is 47.6 Å². The van der Waals surface area contributed by atoms with Crippen LogP contribution in [0.5, 0.6) is 5.95 Å². The van der Waals surface area contributed by atoms with Gasteiger partial charge in [0, 0.05) is 17.9 Å². The van der Waals surface area contributed by atoms with Gasteiger partial charge in [-0.25, -0.2) is 0 Å². The van der Waals surface area contributed by atoms with Gasteiger partial charge in [0.1, 0.15) is 6.26 Å². The Morgan fingerprint density at radius 1 is 1.13 bits per heavy atom. The Morgan fingerprint density at radius 2 is 1.68 bits per heavy atom. The number of ether oxygens (including phenoxy) is 2. The van der Waals surface area contributed by atoms with E-state index in [1.807, 2.05) is 19.9 Å². The van der Waals surface area contributed by atoms with E-state index in [0.29, 0.717) is 54.2 Å². The van der Waals surface area contributed by atoms with Gasteiger partial charge in [-0.05, 0) is 43.3 Å². The molecule has 1 aliphatic rings. The van der Waals surface area contributed by atoms with Crippen molar-refractivity contribution in [2.24, 2.45) is 5.41 Å². The maximum atomic E-state index is 12.9. The van der Waals surface area contributed by atoms with Gasteiger partial charge in [-0.2, -0.15) is 0 Å². The summed E-state index contributed by atoms with van der Waals surface area (Å²) in [5.74, 6) is -0.0544. The van der Waals surface area contributed by atoms with Crippen LogP contribution in [0.25, 0.3) is 0 Å². The van der Waals surface area contributed by atoms with Crippen LogP contribution in [0.3, 0.4) is 0 Å². The lowest BCUT2D eigenvalue weighted by molar-refractivity contribution is -0.285. The summed E-state index contributed by atoms with van der Waals surface area (Å²) >= 11 is 0. The molecule has 31 heavy (non-hydrogen) atoms. The largest absolute Gasteiger partial charge is 0.518 e. The van der Waals surface area contributed by atoms with Crippen molar-refractivity contribution in [1.29, 1.82) is 0 Å². The van der Waals surface area contributed by atoms with Gasteiger partial charge in [0.05, 0.1) is 18.8 Å². The van der Waals surface area contributed by atoms with Crippen molar-refractivity contribution in [2.75, 3.05) is 13.2 Å². The number of hydrogen-bond donors (Lipinski definition) is 0. The molecular weight excluding hydrogens is 408 g/mol. The van der Waals surface area contributed by atoms with E-state index in [2.05, 4.69) is 48.1 Å². The summed E-state index contributed by atoms with van der Waals surface area (Å²) in [6, 6.07) is 1.77. The van der Waals surface area contributed by atoms with Crippen molar-refractivity contribution in [3.05, 3.63) is 30.5 Å². The molecule has 0 saturated carbocycles. The lowest BCUT2D eigenvalue weighted by atomic mass is 9.80. The van der Waals surface area contributed by atoms with Crippen LogP contribution in [0.1, 0.15) is 85.0 Å². The highest BCUT2D eigenvalue weighted by Gasteiger charge is 2.47. The molecule has 176 valence electrons. The maximum absolute atomic E-state index is 12.9. The van der Waals surface area contributed by atoms with Crippen LogP contribution >= 0.6 is 0 Å². The Kier molecular flexibility index (Phi) is 8.39. The minimum Gasteiger partial charge on any atom is -0.518 e. The molecule has 1 aromatic heterocycles. The van der Waals surface area contributed by atoms with Crippen molar-refractivity contribution in [3.8, 4) is 5.95 Å². The number of rotatable bonds is 11. The first-order chi connectivity index (χ1) is 14.4. The zero-order valence-electron chi connectivity index (χ0n) is 20.7. The second kappa shape index (κ2) is 10.0. The van der Waals surface area contributed by atoms with Gasteiger partial charge in [-0.3, -0.25) is 4.79 Å². The number of ketones is 1. The van der Waals surface area contributed by atoms with Gasteiger partial charge in [0.2, 0.25) is 0 Å². The van der Waals surface area contributed by atoms with E-state index < -0.39 is 14.1 Å². The number of carbonyl (C=O) groups is 1. The average Bonchev–Trinajstić information content (AvgIpc) is 3.14. The molecule has 0 aromatic carbocycles. The summed E-state index contributed by atoms with van der Waals surface area (Å²) in [4.78, 5) is 12.9. The molecule has 2 heterocycles. The van der Waals surface area contributed by atoms with Crippen LogP contribution in [0.2, 0.25) is 16.6 Å². The highest BCUT2D eigenvalue weighted by Crippen LogP contribution is 2.43. The van der Waals surface area contributed by atoms with Gasteiger partial charge in [-0.15, -0.1) is 6.58 Å². The lowest BCUT2D eigenvalue weighted by Gasteiger charge is -2.43. The number of furan rings is 1. The summed E-state index contributed by atoms with van der Waals surface area (Å²) in [6.07, 6.45) is 5.25. The average molecular weight is 451 g/mol. The van der Waals surface area contributed by atoms with E-state index in [4.69, 9.17) is 18.3 Å². The molecule has 0 atom stereocenters. The Bertz CT molecular complexity index is 715. The van der Waals surface area contributed by atoms with E-state index in [0.717, 1.165) is 6.42 Å². The predicted molar refractivity (Wildman–Crippen MR) is 127 cm³/mol.